The fourth-order valence-electron chi connectivity index (χ4n) is 3.54. The molecule has 0 aliphatic carbocycles. The average molecular weight is 489 g/mol. The van der Waals surface area contributed by atoms with Crippen LogP contribution in [0.5, 0.6) is 5.75 Å². The maximum Gasteiger partial charge on any atom is 0.338 e. The molecule has 4 rings (SSSR count). The Morgan fingerprint density at radius 3 is 2.75 bits per heavy atom. The molecule has 0 spiro atoms. The van der Waals surface area contributed by atoms with Gasteiger partial charge in [-0.05, 0) is 56.0 Å². The molecule has 0 saturated carbocycles. The summed E-state index contributed by atoms with van der Waals surface area (Å²) in [6, 6.07) is 8.63. The van der Waals surface area contributed by atoms with E-state index in [0.29, 0.717) is 38.0 Å². The Bertz CT molecular complexity index is 1370. The Hall–Kier alpha value is -2.68. The van der Waals surface area contributed by atoms with Crippen molar-refractivity contribution < 1.29 is 14.3 Å². The van der Waals surface area contributed by atoms with E-state index in [9.17, 15) is 9.59 Å². The van der Waals surface area contributed by atoms with Crippen LogP contribution in [0.15, 0.2) is 56.8 Å². The summed E-state index contributed by atoms with van der Waals surface area (Å²) in [4.78, 5) is 32.2. The minimum atomic E-state index is -0.573. The molecule has 3 heterocycles. The van der Waals surface area contributed by atoms with Gasteiger partial charge >= 0.3 is 5.97 Å². The number of fused-ring (bicyclic) bond motifs is 1. The second-order valence-corrected chi connectivity index (χ2v) is 9.34. The van der Waals surface area contributed by atoms with Gasteiger partial charge in [0.2, 0.25) is 0 Å². The van der Waals surface area contributed by atoms with Gasteiger partial charge in [-0.25, -0.2) is 9.79 Å². The molecule has 0 amide bonds. The first-order chi connectivity index (χ1) is 15.4. The number of aromatic nitrogens is 1. The highest BCUT2D eigenvalue weighted by Gasteiger charge is 2.33. The maximum absolute atomic E-state index is 13.5. The number of hydrogen-bond acceptors (Lipinski definition) is 7. The van der Waals surface area contributed by atoms with Crippen LogP contribution in [0.4, 0.5) is 0 Å². The zero-order valence-electron chi connectivity index (χ0n) is 17.8. The molecule has 0 radical (unpaired) electrons. The lowest BCUT2D eigenvalue weighted by atomic mass is 10.0. The molecule has 166 valence electrons. The summed E-state index contributed by atoms with van der Waals surface area (Å²) < 4.78 is 12.8. The van der Waals surface area contributed by atoms with Gasteiger partial charge in [0, 0.05) is 4.88 Å². The van der Waals surface area contributed by atoms with Crippen LogP contribution in [-0.2, 0) is 9.53 Å². The number of allylic oxidation sites excluding steroid dienone is 1. The molecular weight excluding hydrogens is 468 g/mol. The summed E-state index contributed by atoms with van der Waals surface area (Å²) in [5.74, 6) is 0.139. The van der Waals surface area contributed by atoms with Crippen molar-refractivity contribution in [3.63, 3.8) is 0 Å². The number of thiophene rings is 1. The van der Waals surface area contributed by atoms with E-state index in [1.807, 2.05) is 30.5 Å². The third kappa shape index (κ3) is 4.18. The quantitative estimate of drug-likeness (QED) is 0.493. The van der Waals surface area contributed by atoms with Crippen LogP contribution >= 0.6 is 34.3 Å². The number of halogens is 1. The van der Waals surface area contributed by atoms with Gasteiger partial charge in [0.05, 0.1) is 34.0 Å². The van der Waals surface area contributed by atoms with Crippen LogP contribution in [0, 0.1) is 0 Å². The average Bonchev–Trinajstić information content (AvgIpc) is 3.38. The van der Waals surface area contributed by atoms with Gasteiger partial charge in [-0.15, -0.1) is 11.3 Å². The number of thiazole rings is 1. The number of carbonyl (C=O) groups excluding carboxylic acids is 1. The Morgan fingerprint density at radius 1 is 1.28 bits per heavy atom. The molecule has 1 aliphatic heterocycles. The number of esters is 1. The number of carbonyl (C=O) groups is 1. The van der Waals surface area contributed by atoms with Gasteiger partial charge in [0.25, 0.3) is 5.56 Å². The fraction of sp³-hybridized carbons (Fsp3) is 0.261. The summed E-state index contributed by atoms with van der Waals surface area (Å²) in [5, 5.41) is 2.40. The molecule has 1 aromatic carbocycles. The number of hydrogen-bond donors (Lipinski definition) is 0. The lowest BCUT2D eigenvalue weighted by Crippen LogP contribution is -2.39. The molecule has 9 heteroatoms. The second kappa shape index (κ2) is 9.44. The molecule has 0 unspecified atom stereocenters. The summed E-state index contributed by atoms with van der Waals surface area (Å²) in [5.41, 5.74) is 1.50. The summed E-state index contributed by atoms with van der Waals surface area (Å²) in [6.07, 6.45) is 1.78. The molecule has 32 heavy (non-hydrogen) atoms. The minimum absolute atomic E-state index is 0.216. The number of ether oxygens (including phenoxy) is 2. The largest absolute Gasteiger partial charge is 0.492 e. The first-order valence-electron chi connectivity index (χ1n) is 10.1. The Balaban J connectivity index is 1.87. The molecule has 2 aromatic heterocycles. The zero-order chi connectivity index (χ0) is 22.8. The lowest BCUT2D eigenvalue weighted by molar-refractivity contribution is -0.139. The van der Waals surface area contributed by atoms with E-state index in [1.165, 1.54) is 22.7 Å². The van der Waals surface area contributed by atoms with Crippen LogP contribution in [0.25, 0.3) is 6.08 Å². The van der Waals surface area contributed by atoms with Crippen LogP contribution in [0.1, 0.15) is 37.3 Å². The number of nitrogens with zero attached hydrogens (tertiary/aromatic N) is 2. The third-order valence-corrected chi connectivity index (χ3v) is 7.09. The maximum atomic E-state index is 13.5. The van der Waals surface area contributed by atoms with Gasteiger partial charge in [-0.3, -0.25) is 9.36 Å². The van der Waals surface area contributed by atoms with Crippen molar-refractivity contribution in [3.05, 3.63) is 82.1 Å². The van der Waals surface area contributed by atoms with E-state index in [-0.39, 0.29) is 12.2 Å². The van der Waals surface area contributed by atoms with Gasteiger partial charge in [-0.2, -0.15) is 0 Å². The molecule has 3 aromatic rings. The third-order valence-electron chi connectivity index (χ3n) is 4.88. The monoisotopic (exact) mass is 488 g/mol. The van der Waals surface area contributed by atoms with Crippen LogP contribution in [0.2, 0.25) is 5.02 Å². The Kier molecular flexibility index (Phi) is 6.64. The van der Waals surface area contributed by atoms with E-state index in [2.05, 4.69) is 4.99 Å². The van der Waals surface area contributed by atoms with Crippen molar-refractivity contribution >= 4 is 46.3 Å². The summed E-state index contributed by atoms with van der Waals surface area (Å²) in [6.45, 7) is 6.18. The topological polar surface area (TPSA) is 69.9 Å². The number of benzene rings is 1. The highest BCUT2D eigenvalue weighted by molar-refractivity contribution is 7.10. The Labute approximate surface area is 197 Å². The zero-order valence-corrected chi connectivity index (χ0v) is 20.1. The second-order valence-electron chi connectivity index (χ2n) is 6.94. The fourth-order valence-corrected chi connectivity index (χ4v) is 5.65. The van der Waals surface area contributed by atoms with Gasteiger partial charge in [0.15, 0.2) is 4.80 Å². The smallest absolute Gasteiger partial charge is 0.338 e. The van der Waals surface area contributed by atoms with Crippen molar-refractivity contribution in [2.45, 2.75) is 26.8 Å². The highest BCUT2D eigenvalue weighted by atomic mass is 35.5. The van der Waals surface area contributed by atoms with E-state index in [4.69, 9.17) is 21.1 Å². The van der Waals surface area contributed by atoms with Crippen LogP contribution in [-0.4, -0.2) is 23.8 Å². The van der Waals surface area contributed by atoms with Crippen molar-refractivity contribution in [2.24, 2.45) is 4.99 Å². The van der Waals surface area contributed by atoms with E-state index >= 15 is 0 Å². The predicted molar refractivity (Wildman–Crippen MR) is 127 cm³/mol. The molecular formula is C23H21ClN2O4S2. The van der Waals surface area contributed by atoms with Gasteiger partial charge in [-0.1, -0.05) is 35.1 Å². The van der Waals surface area contributed by atoms with Crippen LogP contribution in [0.3, 0.4) is 0 Å². The normalized spacial score (nSPS) is 16.0. The number of rotatable bonds is 6. The SMILES string of the molecule is CCOC(=O)C1=C(C)N=c2s/c(=C\c3ccc(OCC)c(Cl)c3)c(=O)n2[C@@H]1c1cccs1. The highest BCUT2D eigenvalue weighted by Crippen LogP contribution is 2.33. The standard InChI is InChI=1S/C23H21ClN2O4S2/c1-4-29-16-9-8-14(11-15(16)24)12-18-21(27)26-20(17-7-6-10-31-17)19(22(28)30-5-2)13(3)25-23(26)32-18/h6-12,20H,4-5H2,1-3H3/b18-12-/t20-/m1/s1. The Morgan fingerprint density at radius 2 is 2.09 bits per heavy atom. The van der Waals surface area contributed by atoms with Crippen molar-refractivity contribution in [3.8, 4) is 5.75 Å². The first kappa shape index (κ1) is 22.5. The van der Waals surface area contributed by atoms with Crippen molar-refractivity contribution in [1.82, 2.24) is 4.57 Å². The van der Waals surface area contributed by atoms with Crippen molar-refractivity contribution in [2.75, 3.05) is 13.2 Å². The molecule has 1 aliphatic rings. The van der Waals surface area contributed by atoms with E-state index in [0.717, 1.165) is 10.4 Å². The van der Waals surface area contributed by atoms with Gasteiger partial charge in [0.1, 0.15) is 11.8 Å². The summed E-state index contributed by atoms with van der Waals surface area (Å²) in [7, 11) is 0. The van der Waals surface area contributed by atoms with E-state index in [1.54, 1.807) is 36.6 Å². The predicted octanol–water partition coefficient (Wildman–Crippen LogP) is 3.91. The van der Waals surface area contributed by atoms with E-state index < -0.39 is 12.0 Å². The summed E-state index contributed by atoms with van der Waals surface area (Å²) >= 11 is 9.07. The minimum Gasteiger partial charge on any atom is -0.492 e. The molecule has 1 atom stereocenters. The first-order valence-corrected chi connectivity index (χ1v) is 12.2. The van der Waals surface area contributed by atoms with Crippen LogP contribution < -0.4 is 19.6 Å². The van der Waals surface area contributed by atoms with Crippen molar-refractivity contribution in [1.29, 1.82) is 0 Å². The molecule has 0 N–H and O–H groups in total. The molecule has 0 bridgehead atoms. The molecule has 0 saturated heterocycles. The lowest BCUT2D eigenvalue weighted by Gasteiger charge is -2.23. The van der Waals surface area contributed by atoms with Gasteiger partial charge < -0.3 is 9.47 Å². The molecule has 6 nitrogen and oxygen atoms in total. The molecule has 0 fully saturated rings.